The maximum Gasteiger partial charge on any atom is 0.417 e. The van der Waals surface area contributed by atoms with Gasteiger partial charge in [0, 0.05) is 18.1 Å². The molecule has 1 saturated carbocycles. The Morgan fingerprint density at radius 1 is 1.26 bits per heavy atom. The molecule has 1 aromatic rings. The molecule has 3 unspecified atom stereocenters. The van der Waals surface area contributed by atoms with Gasteiger partial charge in [-0.15, -0.1) is 6.58 Å². The summed E-state index contributed by atoms with van der Waals surface area (Å²) in [6.07, 6.45) is -0.615. The van der Waals surface area contributed by atoms with Gasteiger partial charge in [0.15, 0.2) is 0 Å². The van der Waals surface area contributed by atoms with Crippen LogP contribution < -0.4 is 5.32 Å². The Balaban J connectivity index is 1.54. The minimum absolute atomic E-state index is 0.0474. The number of nitro benzene ring substituents is 1. The zero-order valence-corrected chi connectivity index (χ0v) is 21.3. The van der Waals surface area contributed by atoms with E-state index in [4.69, 9.17) is 14.2 Å². The van der Waals surface area contributed by atoms with E-state index < -0.39 is 52.0 Å². The molecule has 3 atom stereocenters. The van der Waals surface area contributed by atoms with Crippen molar-refractivity contribution in [1.29, 1.82) is 0 Å². The van der Waals surface area contributed by atoms with E-state index in [1.165, 1.54) is 26.0 Å². The number of hydrogen-bond donors (Lipinski definition) is 1. The standard InChI is InChI=1S/C25H29N3O10/c1-5-16-12-25(16,22(32)36-6-2)26-19(29)13-24(3,4)38-23(33)27-14-18(11-20(27)30)37-21(31)15-7-9-17(10-8-15)28(34)35/h5,7-10,16,18H,1,6,11-14H2,2-4H3,(H,26,29). The number of benzene rings is 1. The average molecular weight is 532 g/mol. The van der Waals surface area contributed by atoms with Gasteiger partial charge in [0.2, 0.25) is 11.8 Å². The van der Waals surface area contributed by atoms with Crippen molar-refractivity contribution in [2.24, 2.45) is 5.92 Å². The van der Waals surface area contributed by atoms with Crippen molar-refractivity contribution in [2.75, 3.05) is 13.2 Å². The highest BCUT2D eigenvalue weighted by atomic mass is 16.6. The first-order valence-electron chi connectivity index (χ1n) is 11.9. The molecule has 13 nitrogen and oxygen atoms in total. The van der Waals surface area contributed by atoms with E-state index in [1.54, 1.807) is 13.0 Å². The molecule has 1 N–H and O–H groups in total. The molecular formula is C25H29N3O10. The second-order valence-electron chi connectivity index (χ2n) is 9.63. The van der Waals surface area contributed by atoms with Crippen LogP contribution in [0.1, 0.15) is 50.4 Å². The number of carbonyl (C=O) groups is 5. The zero-order valence-electron chi connectivity index (χ0n) is 21.3. The molecule has 0 spiro atoms. The molecule has 1 saturated heterocycles. The van der Waals surface area contributed by atoms with Crippen molar-refractivity contribution in [1.82, 2.24) is 10.2 Å². The lowest BCUT2D eigenvalue weighted by Crippen LogP contribution is -2.48. The van der Waals surface area contributed by atoms with Gasteiger partial charge in [-0.25, -0.2) is 19.3 Å². The number of amides is 3. The number of rotatable bonds is 10. The maximum atomic E-state index is 12.7. The number of imide groups is 1. The van der Waals surface area contributed by atoms with E-state index in [9.17, 15) is 34.1 Å². The molecule has 0 aromatic heterocycles. The zero-order chi connectivity index (χ0) is 28.3. The molecule has 13 heteroatoms. The van der Waals surface area contributed by atoms with Crippen molar-refractivity contribution in [3.8, 4) is 0 Å². The fourth-order valence-corrected chi connectivity index (χ4v) is 4.14. The number of carbonyl (C=O) groups excluding carboxylic acids is 5. The van der Waals surface area contributed by atoms with E-state index in [1.807, 2.05) is 0 Å². The van der Waals surface area contributed by atoms with Gasteiger partial charge in [-0.1, -0.05) is 6.08 Å². The fourth-order valence-electron chi connectivity index (χ4n) is 4.14. The van der Waals surface area contributed by atoms with Gasteiger partial charge in [0.25, 0.3) is 5.69 Å². The summed E-state index contributed by atoms with van der Waals surface area (Å²) in [4.78, 5) is 73.4. The summed E-state index contributed by atoms with van der Waals surface area (Å²) in [7, 11) is 0. The van der Waals surface area contributed by atoms with Crippen LogP contribution in [0.15, 0.2) is 36.9 Å². The Morgan fingerprint density at radius 3 is 2.47 bits per heavy atom. The topological polar surface area (TPSA) is 171 Å². The van der Waals surface area contributed by atoms with Crippen molar-refractivity contribution < 1.29 is 43.1 Å². The Hall–Kier alpha value is -4.29. The normalized spacial score (nSPS) is 22.3. The predicted molar refractivity (Wildman–Crippen MR) is 130 cm³/mol. The lowest BCUT2D eigenvalue weighted by molar-refractivity contribution is -0.384. The Bertz CT molecular complexity index is 1160. The van der Waals surface area contributed by atoms with Gasteiger partial charge in [0.1, 0.15) is 17.2 Å². The molecule has 0 bridgehead atoms. The summed E-state index contributed by atoms with van der Waals surface area (Å²) in [5, 5.41) is 13.4. The number of esters is 2. The maximum absolute atomic E-state index is 12.7. The van der Waals surface area contributed by atoms with Crippen LogP contribution in [-0.2, 0) is 28.6 Å². The van der Waals surface area contributed by atoms with Crippen molar-refractivity contribution >= 4 is 35.5 Å². The van der Waals surface area contributed by atoms with Gasteiger partial charge in [-0.2, -0.15) is 0 Å². The first-order chi connectivity index (χ1) is 17.8. The fraction of sp³-hybridized carbons (Fsp3) is 0.480. The molecule has 0 radical (unpaired) electrons. The minimum atomic E-state index is -1.34. The van der Waals surface area contributed by atoms with Gasteiger partial charge in [-0.3, -0.25) is 19.7 Å². The summed E-state index contributed by atoms with van der Waals surface area (Å²) in [6.45, 7) is 8.17. The average Bonchev–Trinajstić information content (AvgIpc) is 3.42. The van der Waals surface area contributed by atoms with Gasteiger partial charge >= 0.3 is 18.0 Å². The molecule has 1 aromatic carbocycles. The molecule has 2 fully saturated rings. The van der Waals surface area contributed by atoms with Crippen LogP contribution in [0.2, 0.25) is 0 Å². The van der Waals surface area contributed by atoms with E-state index in [2.05, 4.69) is 11.9 Å². The Morgan fingerprint density at radius 2 is 1.92 bits per heavy atom. The summed E-state index contributed by atoms with van der Waals surface area (Å²) in [5.74, 6) is -2.83. The third kappa shape index (κ3) is 6.33. The van der Waals surface area contributed by atoms with E-state index >= 15 is 0 Å². The number of ether oxygens (including phenoxy) is 3. The highest BCUT2D eigenvalue weighted by Gasteiger charge is 2.61. The minimum Gasteiger partial charge on any atom is -0.464 e. The van der Waals surface area contributed by atoms with Crippen LogP contribution >= 0.6 is 0 Å². The number of non-ortho nitro benzene ring substituents is 1. The van der Waals surface area contributed by atoms with Crippen molar-refractivity contribution in [3.63, 3.8) is 0 Å². The summed E-state index contributed by atoms with van der Waals surface area (Å²) < 4.78 is 15.7. The van der Waals surface area contributed by atoms with Crippen LogP contribution in [0.4, 0.5) is 10.5 Å². The van der Waals surface area contributed by atoms with Gasteiger partial charge in [-0.05, 0) is 39.3 Å². The lowest BCUT2D eigenvalue weighted by Gasteiger charge is -2.28. The van der Waals surface area contributed by atoms with Gasteiger partial charge in [0.05, 0.1) is 36.5 Å². The number of likely N-dealkylation sites (tertiary alicyclic amines) is 1. The summed E-state index contributed by atoms with van der Waals surface area (Å²) in [6, 6.07) is 4.74. The van der Waals surface area contributed by atoms with Crippen LogP contribution in [0, 0.1) is 16.0 Å². The van der Waals surface area contributed by atoms with Gasteiger partial charge < -0.3 is 19.5 Å². The molecule has 1 aliphatic carbocycles. The predicted octanol–water partition coefficient (Wildman–Crippen LogP) is 2.28. The Labute approximate surface area is 218 Å². The second kappa shape index (κ2) is 11.0. The first-order valence-corrected chi connectivity index (χ1v) is 11.9. The second-order valence-corrected chi connectivity index (χ2v) is 9.63. The van der Waals surface area contributed by atoms with E-state index in [0.29, 0.717) is 6.42 Å². The lowest BCUT2D eigenvalue weighted by atomic mass is 10.0. The molecule has 2 aliphatic rings. The quantitative estimate of drug-likeness (QED) is 0.155. The highest BCUT2D eigenvalue weighted by Crippen LogP contribution is 2.45. The van der Waals surface area contributed by atoms with E-state index in [-0.39, 0.29) is 43.2 Å². The van der Waals surface area contributed by atoms with Crippen LogP contribution in [0.3, 0.4) is 0 Å². The largest absolute Gasteiger partial charge is 0.464 e. The molecule has 38 heavy (non-hydrogen) atoms. The first kappa shape index (κ1) is 28.3. The molecule has 204 valence electrons. The highest BCUT2D eigenvalue weighted by molar-refractivity contribution is 5.96. The molecular weight excluding hydrogens is 502 g/mol. The third-order valence-electron chi connectivity index (χ3n) is 6.15. The van der Waals surface area contributed by atoms with Crippen LogP contribution in [0.25, 0.3) is 0 Å². The van der Waals surface area contributed by atoms with E-state index in [0.717, 1.165) is 17.0 Å². The number of nitrogens with zero attached hydrogens (tertiary/aromatic N) is 2. The number of hydrogen-bond acceptors (Lipinski definition) is 10. The Kier molecular flexibility index (Phi) is 8.18. The smallest absolute Gasteiger partial charge is 0.417 e. The summed E-state index contributed by atoms with van der Waals surface area (Å²) in [5.41, 5.74) is -2.69. The van der Waals surface area contributed by atoms with Crippen molar-refractivity contribution in [2.45, 2.75) is 57.3 Å². The van der Waals surface area contributed by atoms with Crippen molar-refractivity contribution in [3.05, 3.63) is 52.6 Å². The summed E-state index contributed by atoms with van der Waals surface area (Å²) >= 11 is 0. The SMILES string of the molecule is C=CC1CC1(NC(=O)CC(C)(C)OC(=O)N1CC(OC(=O)c2ccc([N+](=O)[O-])cc2)CC1=O)C(=O)OCC. The number of nitro groups is 1. The third-order valence-corrected chi connectivity index (χ3v) is 6.15. The monoisotopic (exact) mass is 531 g/mol. The molecule has 1 heterocycles. The van der Waals surface area contributed by atoms with Crippen LogP contribution in [-0.4, -0.2) is 70.1 Å². The molecule has 1 aliphatic heterocycles. The van der Waals surface area contributed by atoms with Crippen LogP contribution in [0.5, 0.6) is 0 Å². The number of nitrogens with one attached hydrogen (secondary N) is 1. The molecule has 3 amide bonds. The molecule has 3 rings (SSSR count).